The highest BCUT2D eigenvalue weighted by atomic mass is 35.5. The van der Waals surface area contributed by atoms with Crippen molar-refractivity contribution in [3.63, 3.8) is 0 Å². The highest BCUT2D eigenvalue weighted by Crippen LogP contribution is 2.28. The number of rotatable bonds is 3. The van der Waals surface area contributed by atoms with Crippen molar-refractivity contribution in [2.45, 2.75) is 32.1 Å². The summed E-state index contributed by atoms with van der Waals surface area (Å²) in [4.78, 5) is 0. The molecule has 0 heterocycles. The lowest BCUT2D eigenvalue weighted by atomic mass is 9.91. The summed E-state index contributed by atoms with van der Waals surface area (Å²) in [7, 11) is 0. The topological polar surface area (TPSA) is 0 Å². The monoisotopic (exact) mass is 214 g/mol. The molecule has 0 saturated heterocycles. The summed E-state index contributed by atoms with van der Waals surface area (Å²) in [5, 5.41) is 0.0976. The van der Waals surface area contributed by atoms with Crippen LogP contribution in [0.15, 0.2) is 24.3 Å². The Bertz CT molecular complexity index is 279. The summed E-state index contributed by atoms with van der Waals surface area (Å²) in [6.45, 7) is 6.26. The minimum absolute atomic E-state index is 0.0976. The first-order valence-electron chi connectivity index (χ1n) is 4.92. The molecule has 2 atom stereocenters. The summed E-state index contributed by atoms with van der Waals surface area (Å²) in [5.74, 6) is 0.491. The van der Waals surface area contributed by atoms with E-state index in [4.69, 9.17) is 11.6 Å². The molecule has 2 heteroatoms. The Balaban J connectivity index is 2.78. The zero-order valence-electron chi connectivity index (χ0n) is 8.80. The van der Waals surface area contributed by atoms with Crippen LogP contribution in [0.1, 0.15) is 32.3 Å². The summed E-state index contributed by atoms with van der Waals surface area (Å²) in [5.41, 5.74) is 1.10. The highest BCUT2D eigenvalue weighted by molar-refractivity contribution is 6.21. The Morgan fingerprint density at radius 3 is 2.00 bits per heavy atom. The van der Waals surface area contributed by atoms with Crippen molar-refractivity contribution in [3.05, 3.63) is 35.6 Å². The van der Waals surface area contributed by atoms with Crippen molar-refractivity contribution in [2.75, 3.05) is 0 Å². The van der Waals surface area contributed by atoms with Crippen LogP contribution in [0.3, 0.4) is 0 Å². The first-order chi connectivity index (χ1) is 6.52. The second-order valence-electron chi connectivity index (χ2n) is 4.03. The Morgan fingerprint density at radius 1 is 1.07 bits per heavy atom. The number of benzene rings is 1. The second-order valence-corrected chi connectivity index (χ2v) is 4.53. The van der Waals surface area contributed by atoms with E-state index in [-0.39, 0.29) is 17.1 Å². The van der Waals surface area contributed by atoms with E-state index in [9.17, 15) is 4.39 Å². The molecule has 2 unspecified atom stereocenters. The standard InChI is InChI=1S/C12H16ClF/c1-8(2)12(13)9(3)10-4-6-11(14)7-5-10/h4-9,12H,1-3H3. The largest absolute Gasteiger partial charge is 0.207 e. The van der Waals surface area contributed by atoms with E-state index in [2.05, 4.69) is 20.8 Å². The fourth-order valence-electron chi connectivity index (χ4n) is 1.53. The maximum Gasteiger partial charge on any atom is 0.123 e. The van der Waals surface area contributed by atoms with Crippen molar-refractivity contribution in [3.8, 4) is 0 Å². The third-order valence-corrected chi connectivity index (χ3v) is 3.39. The zero-order chi connectivity index (χ0) is 10.7. The van der Waals surface area contributed by atoms with Gasteiger partial charge < -0.3 is 0 Å². The Kier molecular flexibility index (Phi) is 3.94. The average molecular weight is 215 g/mol. The number of alkyl halides is 1. The van der Waals surface area contributed by atoms with E-state index in [0.29, 0.717) is 5.92 Å². The molecule has 0 saturated carbocycles. The number of hydrogen-bond donors (Lipinski definition) is 0. The van der Waals surface area contributed by atoms with Crippen LogP contribution in [-0.4, -0.2) is 5.38 Å². The predicted molar refractivity (Wildman–Crippen MR) is 59.3 cm³/mol. The quantitative estimate of drug-likeness (QED) is 0.662. The van der Waals surface area contributed by atoms with Gasteiger partial charge in [0.05, 0.1) is 0 Å². The van der Waals surface area contributed by atoms with Crippen LogP contribution in [0.5, 0.6) is 0 Å². The Morgan fingerprint density at radius 2 is 1.57 bits per heavy atom. The molecule has 14 heavy (non-hydrogen) atoms. The van der Waals surface area contributed by atoms with Crippen LogP contribution < -0.4 is 0 Å². The Labute approximate surface area is 90.1 Å². The summed E-state index contributed by atoms with van der Waals surface area (Å²) < 4.78 is 12.7. The van der Waals surface area contributed by atoms with Crippen molar-refractivity contribution < 1.29 is 4.39 Å². The molecule has 0 amide bonds. The molecule has 0 N–H and O–H groups in total. The molecule has 1 aromatic rings. The van der Waals surface area contributed by atoms with Crippen LogP contribution >= 0.6 is 11.6 Å². The fourth-order valence-corrected chi connectivity index (χ4v) is 1.67. The smallest absolute Gasteiger partial charge is 0.123 e. The van der Waals surface area contributed by atoms with E-state index in [1.807, 2.05) is 0 Å². The maximum atomic E-state index is 12.7. The minimum atomic E-state index is -0.198. The van der Waals surface area contributed by atoms with Gasteiger partial charge in [0.25, 0.3) is 0 Å². The number of halogens is 2. The van der Waals surface area contributed by atoms with Gasteiger partial charge in [-0.1, -0.05) is 32.9 Å². The van der Waals surface area contributed by atoms with Gasteiger partial charge in [0.1, 0.15) is 5.82 Å². The van der Waals surface area contributed by atoms with Gasteiger partial charge in [-0.2, -0.15) is 0 Å². The van der Waals surface area contributed by atoms with Gasteiger partial charge in [0, 0.05) is 5.38 Å². The van der Waals surface area contributed by atoms with Crippen molar-refractivity contribution in [2.24, 2.45) is 5.92 Å². The van der Waals surface area contributed by atoms with E-state index in [0.717, 1.165) is 5.56 Å². The van der Waals surface area contributed by atoms with Gasteiger partial charge in [-0.3, -0.25) is 0 Å². The summed E-state index contributed by atoms with van der Waals surface area (Å²) in [6.07, 6.45) is 0. The summed E-state index contributed by atoms with van der Waals surface area (Å²) >= 11 is 6.25. The lowest BCUT2D eigenvalue weighted by Crippen LogP contribution is -2.16. The lowest BCUT2D eigenvalue weighted by molar-refractivity contribution is 0.532. The predicted octanol–water partition coefficient (Wildman–Crippen LogP) is 4.19. The van der Waals surface area contributed by atoms with Gasteiger partial charge in [-0.15, -0.1) is 11.6 Å². The van der Waals surface area contributed by atoms with Gasteiger partial charge in [0.2, 0.25) is 0 Å². The molecular formula is C12H16ClF. The van der Waals surface area contributed by atoms with Crippen LogP contribution in [0.25, 0.3) is 0 Å². The van der Waals surface area contributed by atoms with Crippen molar-refractivity contribution in [1.82, 2.24) is 0 Å². The molecule has 0 aromatic heterocycles. The zero-order valence-corrected chi connectivity index (χ0v) is 9.55. The Hall–Kier alpha value is -0.560. The highest BCUT2D eigenvalue weighted by Gasteiger charge is 2.19. The third kappa shape index (κ3) is 2.71. The van der Waals surface area contributed by atoms with Gasteiger partial charge >= 0.3 is 0 Å². The SMILES string of the molecule is CC(C)C(Cl)C(C)c1ccc(F)cc1. The molecule has 0 spiro atoms. The van der Waals surface area contributed by atoms with Crippen molar-refractivity contribution >= 4 is 11.6 Å². The van der Waals surface area contributed by atoms with E-state index < -0.39 is 0 Å². The molecule has 78 valence electrons. The lowest BCUT2D eigenvalue weighted by Gasteiger charge is -2.21. The molecule has 0 aliphatic rings. The minimum Gasteiger partial charge on any atom is -0.207 e. The van der Waals surface area contributed by atoms with Crippen LogP contribution in [-0.2, 0) is 0 Å². The van der Waals surface area contributed by atoms with Crippen LogP contribution in [0, 0.1) is 11.7 Å². The van der Waals surface area contributed by atoms with Crippen LogP contribution in [0.2, 0.25) is 0 Å². The summed E-state index contributed by atoms with van der Waals surface area (Å²) in [6, 6.07) is 6.57. The average Bonchev–Trinajstić information content (AvgIpc) is 2.16. The maximum absolute atomic E-state index is 12.7. The molecule has 0 fully saturated rings. The molecule has 1 rings (SSSR count). The molecule has 1 aromatic carbocycles. The third-order valence-electron chi connectivity index (χ3n) is 2.51. The van der Waals surface area contributed by atoms with Gasteiger partial charge in [-0.05, 0) is 29.5 Å². The number of hydrogen-bond acceptors (Lipinski definition) is 0. The van der Waals surface area contributed by atoms with E-state index in [1.54, 1.807) is 12.1 Å². The normalized spacial score (nSPS) is 15.6. The van der Waals surface area contributed by atoms with Crippen molar-refractivity contribution in [1.29, 1.82) is 0 Å². The molecule has 0 aliphatic carbocycles. The van der Waals surface area contributed by atoms with E-state index >= 15 is 0 Å². The van der Waals surface area contributed by atoms with Crippen LogP contribution in [0.4, 0.5) is 4.39 Å². The second kappa shape index (κ2) is 4.79. The van der Waals surface area contributed by atoms with E-state index in [1.165, 1.54) is 12.1 Å². The first kappa shape index (κ1) is 11.5. The molecular weight excluding hydrogens is 199 g/mol. The first-order valence-corrected chi connectivity index (χ1v) is 5.35. The van der Waals surface area contributed by atoms with Gasteiger partial charge in [-0.25, -0.2) is 4.39 Å². The molecule has 0 radical (unpaired) electrons. The van der Waals surface area contributed by atoms with Gasteiger partial charge in [0.15, 0.2) is 0 Å². The molecule has 0 nitrogen and oxygen atoms in total. The molecule has 0 aliphatic heterocycles. The fraction of sp³-hybridized carbons (Fsp3) is 0.500. The molecule has 0 bridgehead atoms.